The van der Waals surface area contributed by atoms with Gasteiger partial charge in [0.05, 0.1) is 13.2 Å². The Morgan fingerprint density at radius 3 is 2.57 bits per heavy atom. The molecule has 1 aromatic rings. The molecule has 0 fully saturated rings. The predicted molar refractivity (Wildman–Crippen MR) is 86.1 cm³/mol. The van der Waals surface area contributed by atoms with E-state index in [0.717, 1.165) is 0 Å². The lowest BCUT2D eigenvalue weighted by Crippen LogP contribution is -2.40. The number of amides is 1. The molecule has 0 saturated carbocycles. The second-order valence-electron chi connectivity index (χ2n) is 5.61. The molecule has 0 spiro atoms. The molecule has 1 atom stereocenters. The first kappa shape index (κ1) is 18.6. The number of pyridine rings is 1. The molecule has 2 N–H and O–H groups in total. The van der Waals surface area contributed by atoms with Crippen molar-refractivity contribution in [3.63, 3.8) is 0 Å². The largest absolute Gasteiger partial charge is 0.468 e. The number of esters is 1. The summed E-state index contributed by atoms with van der Waals surface area (Å²) in [5, 5.41) is 5.47. The van der Waals surface area contributed by atoms with Crippen molar-refractivity contribution >= 4 is 23.5 Å². The number of nitrogens with one attached hydrogen (secondary N) is 2. The number of nitrogens with zero attached hydrogens (tertiary/aromatic N) is 1. The van der Waals surface area contributed by atoms with Crippen molar-refractivity contribution in [3.05, 3.63) is 23.9 Å². The fraction of sp³-hybridized carbons (Fsp3) is 0.500. The number of methoxy groups -OCH3 is 1. The second-order valence-corrected chi connectivity index (χ2v) is 5.61. The lowest BCUT2D eigenvalue weighted by atomic mass is 9.96. The molecule has 0 radical (unpaired) electrons. The van der Waals surface area contributed by atoms with Gasteiger partial charge in [0.25, 0.3) is 0 Å². The van der Waals surface area contributed by atoms with Gasteiger partial charge in [-0.3, -0.25) is 14.4 Å². The third kappa shape index (κ3) is 6.46. The van der Waals surface area contributed by atoms with E-state index in [-0.39, 0.29) is 24.2 Å². The van der Waals surface area contributed by atoms with Crippen LogP contribution in [0.15, 0.2) is 18.3 Å². The van der Waals surface area contributed by atoms with E-state index in [1.807, 2.05) is 13.8 Å². The van der Waals surface area contributed by atoms with Gasteiger partial charge in [-0.15, -0.1) is 0 Å². The summed E-state index contributed by atoms with van der Waals surface area (Å²) >= 11 is 0. The molecule has 1 heterocycles. The van der Waals surface area contributed by atoms with E-state index in [1.165, 1.54) is 20.2 Å². The van der Waals surface area contributed by atoms with Crippen molar-refractivity contribution in [1.82, 2.24) is 10.3 Å². The average molecular weight is 321 g/mol. The van der Waals surface area contributed by atoms with Crippen LogP contribution in [0.5, 0.6) is 0 Å². The van der Waals surface area contributed by atoms with Crippen LogP contribution in [0.25, 0.3) is 0 Å². The fourth-order valence-corrected chi connectivity index (χ4v) is 2.06. The molecule has 1 rings (SSSR count). The molecule has 0 saturated heterocycles. The smallest absolute Gasteiger partial charge is 0.325 e. The molecule has 0 aliphatic rings. The number of ketones is 1. The average Bonchev–Trinajstić information content (AvgIpc) is 2.50. The van der Waals surface area contributed by atoms with E-state index < -0.39 is 12.0 Å². The van der Waals surface area contributed by atoms with Crippen LogP contribution >= 0.6 is 0 Å². The summed E-state index contributed by atoms with van der Waals surface area (Å²) in [4.78, 5) is 39.1. The summed E-state index contributed by atoms with van der Waals surface area (Å²) in [6.45, 7) is 5.31. The van der Waals surface area contributed by atoms with Crippen LogP contribution in [-0.2, 0) is 14.3 Å². The molecular formula is C16H23N3O4. The standard InChI is InChI=1S/C16H23N3O4/c1-10(2)7-13(19-11(3)20)16(22)12-5-6-17-14(8-12)18-9-15(21)23-4/h5-6,8,10,13H,7,9H2,1-4H3,(H,17,18)(H,19,20)/t13-/m0/s1. The Balaban J connectivity index is 2.87. The summed E-state index contributed by atoms with van der Waals surface area (Å²) in [6, 6.07) is 2.56. The third-order valence-corrected chi connectivity index (χ3v) is 3.09. The summed E-state index contributed by atoms with van der Waals surface area (Å²) in [5.74, 6) is -0.207. The molecule has 0 aromatic carbocycles. The molecule has 1 aromatic heterocycles. The summed E-state index contributed by atoms with van der Waals surface area (Å²) in [5.41, 5.74) is 0.423. The van der Waals surface area contributed by atoms with E-state index in [0.29, 0.717) is 17.8 Å². The number of carbonyl (C=O) groups excluding carboxylic acids is 3. The van der Waals surface area contributed by atoms with Gasteiger partial charge in [0.15, 0.2) is 5.78 Å². The number of ether oxygens (including phenoxy) is 1. The minimum Gasteiger partial charge on any atom is -0.468 e. The maximum absolute atomic E-state index is 12.6. The first-order chi connectivity index (χ1) is 10.8. The molecule has 126 valence electrons. The zero-order valence-corrected chi connectivity index (χ0v) is 13.9. The maximum Gasteiger partial charge on any atom is 0.325 e. The van der Waals surface area contributed by atoms with Crippen LogP contribution in [0.4, 0.5) is 5.82 Å². The van der Waals surface area contributed by atoms with Crippen molar-refractivity contribution < 1.29 is 19.1 Å². The minimum atomic E-state index is -0.580. The molecular weight excluding hydrogens is 298 g/mol. The zero-order chi connectivity index (χ0) is 17.4. The summed E-state index contributed by atoms with van der Waals surface area (Å²) in [6.07, 6.45) is 2.03. The Labute approximate surface area is 135 Å². The highest BCUT2D eigenvalue weighted by molar-refractivity contribution is 6.02. The van der Waals surface area contributed by atoms with E-state index in [2.05, 4.69) is 20.4 Å². The van der Waals surface area contributed by atoms with Gasteiger partial charge in [0, 0.05) is 18.7 Å². The van der Waals surface area contributed by atoms with Crippen LogP contribution in [0.1, 0.15) is 37.6 Å². The first-order valence-electron chi connectivity index (χ1n) is 7.41. The normalized spacial score (nSPS) is 11.7. The highest BCUT2D eigenvalue weighted by atomic mass is 16.5. The fourth-order valence-electron chi connectivity index (χ4n) is 2.06. The summed E-state index contributed by atoms with van der Waals surface area (Å²) in [7, 11) is 1.29. The van der Waals surface area contributed by atoms with Crippen LogP contribution in [0, 0.1) is 5.92 Å². The molecule has 1 amide bonds. The topological polar surface area (TPSA) is 97.4 Å². The van der Waals surface area contributed by atoms with E-state index in [1.54, 1.807) is 12.1 Å². The van der Waals surface area contributed by atoms with E-state index >= 15 is 0 Å². The molecule has 0 unspecified atom stereocenters. The Hall–Kier alpha value is -2.44. The predicted octanol–water partition coefficient (Wildman–Crippen LogP) is 1.40. The van der Waals surface area contributed by atoms with Crippen molar-refractivity contribution in [1.29, 1.82) is 0 Å². The van der Waals surface area contributed by atoms with Crippen LogP contribution in [-0.4, -0.2) is 42.3 Å². The number of rotatable bonds is 8. The number of Topliss-reactive ketones (excluding diaryl/α,β-unsaturated/α-hetero) is 1. The minimum absolute atomic E-state index is 0.0394. The second kappa shape index (κ2) is 8.87. The van der Waals surface area contributed by atoms with Gasteiger partial charge in [-0.05, 0) is 24.5 Å². The van der Waals surface area contributed by atoms with E-state index in [9.17, 15) is 14.4 Å². The number of anilines is 1. The third-order valence-electron chi connectivity index (χ3n) is 3.09. The van der Waals surface area contributed by atoms with Gasteiger partial charge < -0.3 is 15.4 Å². The first-order valence-corrected chi connectivity index (χ1v) is 7.41. The lowest BCUT2D eigenvalue weighted by molar-refractivity contribution is -0.138. The number of aromatic nitrogens is 1. The SMILES string of the molecule is COC(=O)CNc1cc(C(=O)[C@H](CC(C)C)NC(C)=O)ccn1. The summed E-state index contributed by atoms with van der Waals surface area (Å²) < 4.78 is 4.53. The molecule has 0 aliphatic carbocycles. The molecule has 23 heavy (non-hydrogen) atoms. The van der Waals surface area contributed by atoms with Crippen LogP contribution < -0.4 is 10.6 Å². The molecule has 0 aliphatic heterocycles. The van der Waals surface area contributed by atoms with Gasteiger partial charge >= 0.3 is 5.97 Å². The number of hydrogen-bond acceptors (Lipinski definition) is 6. The highest BCUT2D eigenvalue weighted by Gasteiger charge is 2.22. The van der Waals surface area contributed by atoms with Gasteiger partial charge in [-0.2, -0.15) is 0 Å². The Morgan fingerprint density at radius 2 is 2.00 bits per heavy atom. The molecule has 7 nitrogen and oxygen atoms in total. The van der Waals surface area contributed by atoms with Gasteiger partial charge in [0.1, 0.15) is 12.4 Å². The lowest BCUT2D eigenvalue weighted by Gasteiger charge is -2.19. The van der Waals surface area contributed by atoms with Crippen LogP contribution in [0.3, 0.4) is 0 Å². The van der Waals surface area contributed by atoms with Crippen molar-refractivity contribution in [2.75, 3.05) is 19.0 Å². The van der Waals surface area contributed by atoms with E-state index in [4.69, 9.17) is 0 Å². The Bertz CT molecular complexity index is 572. The monoisotopic (exact) mass is 321 g/mol. The van der Waals surface area contributed by atoms with Crippen molar-refractivity contribution in [3.8, 4) is 0 Å². The number of hydrogen-bond donors (Lipinski definition) is 2. The zero-order valence-electron chi connectivity index (χ0n) is 13.9. The van der Waals surface area contributed by atoms with Crippen LogP contribution in [0.2, 0.25) is 0 Å². The maximum atomic E-state index is 12.6. The highest BCUT2D eigenvalue weighted by Crippen LogP contribution is 2.14. The van der Waals surface area contributed by atoms with Gasteiger partial charge in [-0.1, -0.05) is 13.8 Å². The van der Waals surface area contributed by atoms with Crippen molar-refractivity contribution in [2.45, 2.75) is 33.2 Å². The molecule has 0 bridgehead atoms. The Kier molecular flexibility index (Phi) is 7.18. The molecule has 7 heteroatoms. The number of carbonyl (C=O) groups is 3. The Morgan fingerprint density at radius 1 is 1.30 bits per heavy atom. The van der Waals surface area contributed by atoms with Gasteiger partial charge in [0.2, 0.25) is 5.91 Å². The quantitative estimate of drug-likeness (QED) is 0.555. The van der Waals surface area contributed by atoms with Gasteiger partial charge in [-0.25, -0.2) is 4.98 Å². The van der Waals surface area contributed by atoms with Crippen molar-refractivity contribution in [2.24, 2.45) is 5.92 Å².